The summed E-state index contributed by atoms with van der Waals surface area (Å²) in [4.78, 5) is 14.5. The standard InChI is InChI=1S/C16H19N3O2/c1-11-10-14(21-18-11)13-8-5-9-19(13)16(20)15(17)12-6-3-2-4-7-12/h2-4,6-7,10,13,15H,5,8-9,17H2,1H3/t13?,15-/m1/s1. The summed E-state index contributed by atoms with van der Waals surface area (Å²) in [6.45, 7) is 2.59. The van der Waals surface area contributed by atoms with Crippen molar-refractivity contribution in [3.05, 3.63) is 53.4 Å². The molecular formula is C16H19N3O2. The Bertz CT molecular complexity index is 623. The third-order valence-electron chi connectivity index (χ3n) is 3.94. The summed E-state index contributed by atoms with van der Waals surface area (Å²) in [6, 6.07) is 10.7. The predicted octanol–water partition coefficient (Wildman–Crippen LogP) is 2.35. The normalized spacial score (nSPS) is 19.7. The summed E-state index contributed by atoms with van der Waals surface area (Å²) in [5, 5.41) is 3.91. The molecule has 0 saturated carbocycles. The Morgan fingerprint density at radius 1 is 1.43 bits per heavy atom. The molecule has 0 spiro atoms. The van der Waals surface area contributed by atoms with Crippen molar-refractivity contribution >= 4 is 5.91 Å². The number of rotatable bonds is 3. The van der Waals surface area contributed by atoms with E-state index in [9.17, 15) is 4.79 Å². The lowest BCUT2D eigenvalue weighted by atomic mass is 10.1. The molecule has 1 aliphatic heterocycles. The number of benzene rings is 1. The monoisotopic (exact) mass is 285 g/mol. The van der Waals surface area contributed by atoms with E-state index >= 15 is 0 Å². The highest BCUT2D eigenvalue weighted by Gasteiger charge is 2.35. The Kier molecular flexibility index (Phi) is 3.75. The van der Waals surface area contributed by atoms with Gasteiger partial charge in [-0.1, -0.05) is 35.5 Å². The number of likely N-dealkylation sites (tertiary alicyclic amines) is 1. The Balaban J connectivity index is 1.80. The second-order valence-corrected chi connectivity index (χ2v) is 5.45. The highest BCUT2D eigenvalue weighted by molar-refractivity contribution is 5.83. The van der Waals surface area contributed by atoms with E-state index in [0.717, 1.165) is 29.9 Å². The number of carbonyl (C=O) groups is 1. The fourth-order valence-electron chi connectivity index (χ4n) is 2.85. The van der Waals surface area contributed by atoms with Gasteiger partial charge in [0.05, 0.1) is 11.7 Å². The minimum Gasteiger partial charge on any atom is -0.359 e. The van der Waals surface area contributed by atoms with Gasteiger partial charge in [0.25, 0.3) is 0 Å². The van der Waals surface area contributed by atoms with Gasteiger partial charge in [0.15, 0.2) is 5.76 Å². The number of nitrogens with two attached hydrogens (primary N) is 1. The maximum Gasteiger partial charge on any atom is 0.244 e. The van der Waals surface area contributed by atoms with Crippen LogP contribution in [0.3, 0.4) is 0 Å². The maximum absolute atomic E-state index is 12.7. The molecule has 2 atom stereocenters. The summed E-state index contributed by atoms with van der Waals surface area (Å²) in [5.41, 5.74) is 7.79. The molecule has 0 aliphatic carbocycles. The lowest BCUT2D eigenvalue weighted by Gasteiger charge is -2.26. The van der Waals surface area contributed by atoms with Gasteiger partial charge in [-0.05, 0) is 25.3 Å². The highest BCUT2D eigenvalue weighted by Crippen LogP contribution is 2.33. The van der Waals surface area contributed by atoms with Crippen LogP contribution in [0.5, 0.6) is 0 Å². The lowest BCUT2D eigenvalue weighted by molar-refractivity contribution is -0.134. The lowest BCUT2D eigenvalue weighted by Crippen LogP contribution is -2.38. The second kappa shape index (κ2) is 5.69. The van der Waals surface area contributed by atoms with Crippen molar-refractivity contribution in [2.45, 2.75) is 31.8 Å². The minimum atomic E-state index is -0.629. The molecule has 110 valence electrons. The summed E-state index contributed by atoms with van der Waals surface area (Å²) in [6.07, 6.45) is 1.85. The summed E-state index contributed by atoms with van der Waals surface area (Å²) >= 11 is 0. The first-order valence-electron chi connectivity index (χ1n) is 7.21. The first-order chi connectivity index (χ1) is 10.2. The third kappa shape index (κ3) is 2.69. The van der Waals surface area contributed by atoms with Gasteiger partial charge < -0.3 is 15.2 Å². The van der Waals surface area contributed by atoms with Crippen molar-refractivity contribution in [1.29, 1.82) is 0 Å². The van der Waals surface area contributed by atoms with Crippen LogP contribution in [-0.4, -0.2) is 22.5 Å². The van der Waals surface area contributed by atoms with Crippen molar-refractivity contribution in [1.82, 2.24) is 10.1 Å². The molecule has 1 saturated heterocycles. The van der Waals surface area contributed by atoms with Crippen molar-refractivity contribution in [3.63, 3.8) is 0 Å². The molecular weight excluding hydrogens is 266 g/mol. The molecule has 2 heterocycles. The number of aromatic nitrogens is 1. The quantitative estimate of drug-likeness (QED) is 0.939. The molecule has 0 bridgehead atoms. The van der Waals surface area contributed by atoms with E-state index in [1.165, 1.54) is 0 Å². The zero-order chi connectivity index (χ0) is 14.8. The topological polar surface area (TPSA) is 72.4 Å². The summed E-state index contributed by atoms with van der Waals surface area (Å²) < 4.78 is 5.33. The fraction of sp³-hybridized carbons (Fsp3) is 0.375. The zero-order valence-corrected chi connectivity index (χ0v) is 12.0. The van der Waals surface area contributed by atoms with Crippen LogP contribution in [0.15, 0.2) is 40.9 Å². The van der Waals surface area contributed by atoms with E-state index in [1.54, 1.807) is 0 Å². The third-order valence-corrected chi connectivity index (χ3v) is 3.94. The van der Waals surface area contributed by atoms with E-state index < -0.39 is 6.04 Å². The molecule has 1 fully saturated rings. The molecule has 1 aromatic heterocycles. The Labute approximate surface area is 123 Å². The molecule has 2 aromatic rings. The Hall–Kier alpha value is -2.14. The number of nitrogens with zero attached hydrogens (tertiary/aromatic N) is 2. The van der Waals surface area contributed by atoms with Crippen LogP contribution in [-0.2, 0) is 4.79 Å². The predicted molar refractivity (Wildman–Crippen MR) is 78.3 cm³/mol. The first kappa shape index (κ1) is 13.8. The zero-order valence-electron chi connectivity index (χ0n) is 12.0. The van der Waals surface area contributed by atoms with Crippen LogP contribution in [0.4, 0.5) is 0 Å². The van der Waals surface area contributed by atoms with Gasteiger partial charge in [-0.3, -0.25) is 4.79 Å². The van der Waals surface area contributed by atoms with Gasteiger partial charge in [-0.25, -0.2) is 0 Å². The van der Waals surface area contributed by atoms with Gasteiger partial charge in [0.1, 0.15) is 6.04 Å². The Morgan fingerprint density at radius 2 is 2.19 bits per heavy atom. The van der Waals surface area contributed by atoms with E-state index in [-0.39, 0.29) is 11.9 Å². The largest absolute Gasteiger partial charge is 0.359 e. The van der Waals surface area contributed by atoms with Crippen LogP contribution < -0.4 is 5.73 Å². The van der Waals surface area contributed by atoms with Crippen molar-refractivity contribution in [2.24, 2.45) is 5.73 Å². The fourth-order valence-corrected chi connectivity index (χ4v) is 2.85. The molecule has 1 aromatic carbocycles. The van der Waals surface area contributed by atoms with E-state index in [0.29, 0.717) is 6.54 Å². The molecule has 3 rings (SSSR count). The van der Waals surface area contributed by atoms with Crippen LogP contribution in [0.25, 0.3) is 0 Å². The first-order valence-corrected chi connectivity index (χ1v) is 7.21. The van der Waals surface area contributed by atoms with Crippen molar-refractivity contribution in [3.8, 4) is 0 Å². The van der Waals surface area contributed by atoms with Crippen molar-refractivity contribution in [2.75, 3.05) is 6.54 Å². The molecule has 21 heavy (non-hydrogen) atoms. The molecule has 1 amide bonds. The molecule has 1 aliphatic rings. The number of hydrogen-bond donors (Lipinski definition) is 1. The average Bonchev–Trinajstić information content (AvgIpc) is 3.15. The molecule has 1 unspecified atom stereocenters. The van der Waals surface area contributed by atoms with Gasteiger partial charge in [0.2, 0.25) is 5.91 Å². The second-order valence-electron chi connectivity index (χ2n) is 5.45. The van der Waals surface area contributed by atoms with Crippen LogP contribution in [0.1, 0.15) is 41.9 Å². The van der Waals surface area contributed by atoms with Gasteiger partial charge in [-0.2, -0.15) is 0 Å². The van der Waals surface area contributed by atoms with E-state index in [4.69, 9.17) is 10.3 Å². The number of aryl methyl sites for hydroxylation is 1. The van der Waals surface area contributed by atoms with Gasteiger partial charge in [0, 0.05) is 12.6 Å². The van der Waals surface area contributed by atoms with Crippen LogP contribution >= 0.6 is 0 Å². The Morgan fingerprint density at radius 3 is 2.86 bits per heavy atom. The number of amides is 1. The number of carbonyl (C=O) groups excluding carboxylic acids is 1. The van der Waals surface area contributed by atoms with Crippen LogP contribution in [0, 0.1) is 6.92 Å². The molecule has 5 heteroatoms. The van der Waals surface area contributed by atoms with Gasteiger partial charge >= 0.3 is 0 Å². The SMILES string of the molecule is Cc1cc(C2CCCN2C(=O)[C@H](N)c2ccccc2)on1. The summed E-state index contributed by atoms with van der Waals surface area (Å²) in [7, 11) is 0. The summed E-state index contributed by atoms with van der Waals surface area (Å²) in [5.74, 6) is 0.691. The molecule has 2 N–H and O–H groups in total. The average molecular weight is 285 g/mol. The highest BCUT2D eigenvalue weighted by atomic mass is 16.5. The van der Waals surface area contributed by atoms with Crippen molar-refractivity contribution < 1.29 is 9.32 Å². The van der Waals surface area contributed by atoms with Gasteiger partial charge in [-0.15, -0.1) is 0 Å². The molecule has 5 nitrogen and oxygen atoms in total. The smallest absolute Gasteiger partial charge is 0.244 e. The maximum atomic E-state index is 12.7. The van der Waals surface area contributed by atoms with Crippen LogP contribution in [0.2, 0.25) is 0 Å². The molecule has 0 radical (unpaired) electrons. The minimum absolute atomic E-state index is 0.0477. The van der Waals surface area contributed by atoms with E-state index in [2.05, 4.69) is 5.16 Å². The van der Waals surface area contributed by atoms with E-state index in [1.807, 2.05) is 48.2 Å². The number of hydrogen-bond acceptors (Lipinski definition) is 4.